The van der Waals surface area contributed by atoms with E-state index in [0.717, 1.165) is 0 Å². The van der Waals surface area contributed by atoms with E-state index < -0.39 is 0 Å². The molecule has 6 aliphatic rings. The quantitative estimate of drug-likeness (QED) is 0.161. The van der Waals surface area contributed by atoms with Gasteiger partial charge in [0.25, 0.3) is 6.71 Å². The van der Waals surface area contributed by atoms with Crippen molar-refractivity contribution in [3.63, 3.8) is 0 Å². The minimum absolute atomic E-state index is 0.00921. The summed E-state index contributed by atoms with van der Waals surface area (Å²) in [5.41, 5.74) is 26.9. The molecule has 4 heterocycles. The second-order valence-corrected chi connectivity index (χ2v) is 23.1. The Bertz CT molecular complexity index is 3240. The van der Waals surface area contributed by atoms with E-state index in [1.54, 1.807) is 0 Å². The molecule has 4 heteroatoms. The van der Waals surface area contributed by atoms with E-state index in [9.17, 15) is 0 Å². The van der Waals surface area contributed by atoms with Crippen LogP contribution in [0, 0.1) is 6.92 Å². The van der Waals surface area contributed by atoms with Crippen molar-refractivity contribution in [1.29, 1.82) is 0 Å². The molecule has 13 rings (SSSR count). The smallest absolute Gasteiger partial charge is 0.252 e. The van der Waals surface area contributed by atoms with Gasteiger partial charge in [-0.15, -0.1) is 0 Å². The molecule has 3 nitrogen and oxygen atoms in total. The van der Waals surface area contributed by atoms with Gasteiger partial charge in [-0.05, 0) is 159 Å². The molecule has 1 saturated carbocycles. The van der Waals surface area contributed by atoms with Crippen molar-refractivity contribution in [3.05, 3.63) is 172 Å². The van der Waals surface area contributed by atoms with Gasteiger partial charge in [-0.1, -0.05) is 146 Å². The lowest BCUT2D eigenvalue weighted by molar-refractivity contribution is 0.195. The van der Waals surface area contributed by atoms with E-state index in [0.29, 0.717) is 0 Å². The van der Waals surface area contributed by atoms with Crippen molar-refractivity contribution in [3.8, 4) is 11.1 Å². The zero-order valence-corrected chi connectivity index (χ0v) is 39.9. The van der Waals surface area contributed by atoms with Crippen LogP contribution >= 0.6 is 0 Å². The van der Waals surface area contributed by atoms with Gasteiger partial charge < -0.3 is 14.7 Å². The third-order valence-electron chi connectivity index (χ3n) is 17.6. The predicted octanol–water partition coefficient (Wildman–Crippen LogP) is 14.1. The number of nitrogens with zero attached hydrogens (tertiary/aromatic N) is 3. The van der Waals surface area contributed by atoms with Crippen LogP contribution in [0.25, 0.3) is 11.1 Å². The first-order valence-electron chi connectivity index (χ1n) is 24.4. The number of aryl methyl sites for hydroxylation is 1. The van der Waals surface area contributed by atoms with Crippen molar-refractivity contribution >= 4 is 68.6 Å². The van der Waals surface area contributed by atoms with Gasteiger partial charge in [0.05, 0.1) is 11.2 Å². The Labute approximate surface area is 387 Å². The highest BCUT2D eigenvalue weighted by molar-refractivity contribution is 7.00. The molecule has 3 atom stereocenters. The first-order valence-corrected chi connectivity index (χ1v) is 24.4. The fraction of sp³-hybridized carbons (Fsp3) is 0.311. The van der Waals surface area contributed by atoms with E-state index >= 15 is 0 Å². The molecular formula is C61H60BN3. The van der Waals surface area contributed by atoms with Gasteiger partial charge in [-0.3, -0.25) is 0 Å². The van der Waals surface area contributed by atoms with Gasteiger partial charge in [0, 0.05) is 50.6 Å². The maximum Gasteiger partial charge on any atom is 0.252 e. The molecule has 65 heavy (non-hydrogen) atoms. The van der Waals surface area contributed by atoms with Crippen molar-refractivity contribution in [1.82, 2.24) is 0 Å². The Morgan fingerprint density at radius 1 is 0.508 bits per heavy atom. The summed E-state index contributed by atoms with van der Waals surface area (Å²) >= 11 is 0. The zero-order chi connectivity index (χ0) is 44.7. The van der Waals surface area contributed by atoms with Crippen LogP contribution in [0.3, 0.4) is 0 Å². The molecule has 7 aromatic rings. The highest BCUT2D eigenvalue weighted by atomic mass is 15.3. The minimum Gasteiger partial charge on any atom is -0.334 e. The van der Waals surface area contributed by atoms with Crippen LogP contribution in [-0.4, -0.2) is 12.3 Å². The normalized spacial score (nSPS) is 22.7. The Morgan fingerprint density at radius 3 is 1.94 bits per heavy atom. The largest absolute Gasteiger partial charge is 0.334 e. The van der Waals surface area contributed by atoms with Gasteiger partial charge in [0.1, 0.15) is 0 Å². The number of rotatable bonds is 2. The third kappa shape index (κ3) is 4.83. The Balaban J connectivity index is 1.14. The Morgan fingerprint density at radius 2 is 1.15 bits per heavy atom. The fourth-order valence-electron chi connectivity index (χ4n) is 14.2. The topological polar surface area (TPSA) is 9.72 Å². The molecule has 7 aromatic carbocycles. The highest BCUT2D eigenvalue weighted by Crippen LogP contribution is 2.65. The SMILES string of the molecule is Cc1cc2c3c4c1C1(C)c5ccccc5-c5cccc(c51)N4c1cc(C(C)(C)C)ccc1B3c1ccc(N3c4ccccc4C4(C)CCCCC34C)cc1N2c1cccc(C(C)(C)C)c1. The molecule has 4 aliphatic heterocycles. The molecule has 0 spiro atoms. The highest BCUT2D eigenvalue weighted by Gasteiger charge is 2.58. The lowest BCUT2D eigenvalue weighted by atomic mass is 9.32. The number of benzene rings is 7. The molecule has 3 unspecified atom stereocenters. The van der Waals surface area contributed by atoms with Gasteiger partial charge in [0.15, 0.2) is 0 Å². The molecule has 2 aliphatic carbocycles. The number of fused-ring (bicyclic) bond motifs is 13. The standard InChI is InChI=1S/C61H60BN3/c1-37-33-52-55-56-53(37)61(10)44-23-12-11-21-42(44)43-22-18-26-49(54(43)61)64(56)50-35-39(58(5,6)7)27-29-46(50)62(55)47-30-28-41(36-51(47)63(52)40-20-17-19-38(34-40)57(2,3)4)65-48-25-14-13-24-45(48)59(8)31-15-16-32-60(59,65)9/h11-14,17-30,33-36H,15-16,31-32H2,1-10H3. The van der Waals surface area contributed by atoms with Crippen molar-refractivity contribution in [2.45, 2.75) is 122 Å². The monoisotopic (exact) mass is 845 g/mol. The molecule has 0 amide bonds. The zero-order valence-electron chi connectivity index (χ0n) is 39.9. The summed E-state index contributed by atoms with van der Waals surface area (Å²) in [5, 5.41) is 0. The molecule has 1 fully saturated rings. The second kappa shape index (κ2) is 12.7. The maximum absolute atomic E-state index is 2.76. The first-order chi connectivity index (χ1) is 31.1. The summed E-state index contributed by atoms with van der Waals surface area (Å²) in [6.07, 6.45) is 4.92. The van der Waals surface area contributed by atoms with Crippen LogP contribution in [0.15, 0.2) is 133 Å². The van der Waals surface area contributed by atoms with Gasteiger partial charge in [-0.2, -0.15) is 0 Å². The molecule has 0 aromatic heterocycles. The van der Waals surface area contributed by atoms with Crippen LogP contribution in [0.2, 0.25) is 0 Å². The third-order valence-corrected chi connectivity index (χ3v) is 17.6. The van der Waals surface area contributed by atoms with Crippen molar-refractivity contribution in [2.24, 2.45) is 0 Å². The van der Waals surface area contributed by atoms with E-state index in [1.165, 1.54) is 138 Å². The molecule has 0 saturated heterocycles. The summed E-state index contributed by atoms with van der Waals surface area (Å²) < 4.78 is 0. The summed E-state index contributed by atoms with van der Waals surface area (Å²) in [6, 6.07) is 52.8. The molecular weight excluding hydrogens is 786 g/mol. The molecule has 322 valence electrons. The summed E-state index contributed by atoms with van der Waals surface area (Å²) in [6.45, 7) is 24.2. The number of hydrogen-bond acceptors (Lipinski definition) is 3. The number of para-hydroxylation sites is 1. The molecule has 0 radical (unpaired) electrons. The minimum atomic E-state index is -0.316. The summed E-state index contributed by atoms with van der Waals surface area (Å²) in [7, 11) is 0. The van der Waals surface area contributed by atoms with Crippen molar-refractivity contribution < 1.29 is 0 Å². The van der Waals surface area contributed by atoms with Crippen LogP contribution in [0.5, 0.6) is 0 Å². The summed E-state index contributed by atoms with van der Waals surface area (Å²) in [4.78, 5) is 8.14. The maximum atomic E-state index is 2.76. The molecule has 0 N–H and O–H groups in total. The van der Waals surface area contributed by atoms with Crippen molar-refractivity contribution in [2.75, 3.05) is 14.7 Å². The summed E-state index contributed by atoms with van der Waals surface area (Å²) in [5.74, 6) is 0. The predicted molar refractivity (Wildman–Crippen MR) is 276 cm³/mol. The average Bonchev–Trinajstić information content (AvgIpc) is 3.67. The number of anilines is 8. The number of hydrogen-bond donors (Lipinski definition) is 0. The van der Waals surface area contributed by atoms with Crippen LogP contribution in [0.4, 0.5) is 45.5 Å². The molecule has 0 bridgehead atoms. The van der Waals surface area contributed by atoms with E-state index in [4.69, 9.17) is 0 Å². The fourth-order valence-corrected chi connectivity index (χ4v) is 14.2. The Kier molecular flexibility index (Phi) is 7.67. The van der Waals surface area contributed by atoms with Crippen LogP contribution < -0.4 is 31.1 Å². The average molecular weight is 846 g/mol. The van der Waals surface area contributed by atoms with E-state index in [-0.39, 0.29) is 33.9 Å². The Hall–Kier alpha value is -6.00. The van der Waals surface area contributed by atoms with Gasteiger partial charge >= 0.3 is 0 Å². The van der Waals surface area contributed by atoms with Gasteiger partial charge in [0.2, 0.25) is 0 Å². The lowest BCUT2D eigenvalue weighted by Crippen LogP contribution is -2.62. The second-order valence-electron chi connectivity index (χ2n) is 23.1. The van der Waals surface area contributed by atoms with E-state index in [2.05, 4.69) is 217 Å². The van der Waals surface area contributed by atoms with Gasteiger partial charge in [-0.25, -0.2) is 0 Å². The first kappa shape index (κ1) is 39.4. The van der Waals surface area contributed by atoms with Crippen LogP contribution in [0.1, 0.15) is 127 Å². The lowest BCUT2D eigenvalue weighted by Gasteiger charge is -2.52. The van der Waals surface area contributed by atoms with Crippen LogP contribution in [-0.2, 0) is 21.7 Å². The van der Waals surface area contributed by atoms with E-state index in [1.807, 2.05) is 0 Å².